The third-order valence-corrected chi connectivity index (χ3v) is 2.29. The standard InChI is InChI=1S/C11H11Cl2NO/c1-2-14-11(15)6-4-8-3-5-9(12)7-10(8)13/h3-7H,2H2,1H3,(H,14,15)/b6-4+. The number of likely N-dealkylation sites (N-methyl/N-ethyl adjacent to an activating group) is 1. The average molecular weight is 244 g/mol. The van der Waals surface area contributed by atoms with Crippen LogP contribution < -0.4 is 5.32 Å². The van der Waals surface area contributed by atoms with Crippen LogP contribution in [0.1, 0.15) is 12.5 Å². The Morgan fingerprint density at radius 2 is 2.20 bits per heavy atom. The molecule has 0 aromatic heterocycles. The lowest BCUT2D eigenvalue weighted by Crippen LogP contribution is -2.19. The van der Waals surface area contributed by atoms with Gasteiger partial charge in [-0.3, -0.25) is 4.79 Å². The molecule has 2 nitrogen and oxygen atoms in total. The van der Waals surface area contributed by atoms with Gasteiger partial charge in [-0.05, 0) is 30.7 Å². The Kier molecular flexibility index (Phi) is 4.66. The molecule has 0 fully saturated rings. The number of hydrogen-bond acceptors (Lipinski definition) is 1. The van der Waals surface area contributed by atoms with Gasteiger partial charge in [-0.25, -0.2) is 0 Å². The normalized spacial score (nSPS) is 10.6. The Morgan fingerprint density at radius 3 is 2.80 bits per heavy atom. The fraction of sp³-hybridized carbons (Fsp3) is 0.182. The van der Waals surface area contributed by atoms with Crippen LogP contribution in [0.3, 0.4) is 0 Å². The number of amides is 1. The summed E-state index contributed by atoms with van der Waals surface area (Å²) in [5.74, 6) is -0.136. The van der Waals surface area contributed by atoms with E-state index in [2.05, 4.69) is 5.32 Å². The van der Waals surface area contributed by atoms with Crippen LogP contribution in [-0.4, -0.2) is 12.5 Å². The maximum absolute atomic E-state index is 11.1. The van der Waals surface area contributed by atoms with Crippen molar-refractivity contribution in [3.63, 3.8) is 0 Å². The lowest BCUT2D eigenvalue weighted by Gasteiger charge is -1.99. The second-order valence-corrected chi connectivity index (χ2v) is 3.74. The summed E-state index contributed by atoms with van der Waals surface area (Å²) in [6, 6.07) is 5.13. The predicted molar refractivity (Wildman–Crippen MR) is 64.2 cm³/mol. The van der Waals surface area contributed by atoms with Crippen molar-refractivity contribution in [1.82, 2.24) is 5.32 Å². The molecule has 0 saturated heterocycles. The molecule has 4 heteroatoms. The minimum Gasteiger partial charge on any atom is -0.353 e. The molecule has 0 saturated carbocycles. The van der Waals surface area contributed by atoms with Gasteiger partial charge in [-0.2, -0.15) is 0 Å². The quantitative estimate of drug-likeness (QED) is 0.813. The Morgan fingerprint density at radius 1 is 1.47 bits per heavy atom. The highest BCUT2D eigenvalue weighted by molar-refractivity contribution is 6.35. The summed E-state index contributed by atoms with van der Waals surface area (Å²) >= 11 is 11.7. The zero-order valence-electron chi connectivity index (χ0n) is 8.26. The van der Waals surface area contributed by atoms with E-state index in [0.29, 0.717) is 16.6 Å². The first kappa shape index (κ1) is 12.1. The van der Waals surface area contributed by atoms with Crippen molar-refractivity contribution in [2.24, 2.45) is 0 Å². The van der Waals surface area contributed by atoms with Gasteiger partial charge in [-0.15, -0.1) is 0 Å². The van der Waals surface area contributed by atoms with Gasteiger partial charge in [-0.1, -0.05) is 29.3 Å². The second-order valence-electron chi connectivity index (χ2n) is 2.89. The van der Waals surface area contributed by atoms with E-state index in [-0.39, 0.29) is 5.91 Å². The van der Waals surface area contributed by atoms with E-state index >= 15 is 0 Å². The first-order valence-corrected chi connectivity index (χ1v) is 5.30. The maximum atomic E-state index is 11.1. The summed E-state index contributed by atoms with van der Waals surface area (Å²) in [6.45, 7) is 2.47. The van der Waals surface area contributed by atoms with Crippen LogP contribution in [0.5, 0.6) is 0 Å². The van der Waals surface area contributed by atoms with E-state index < -0.39 is 0 Å². The van der Waals surface area contributed by atoms with Crippen molar-refractivity contribution >= 4 is 35.2 Å². The fourth-order valence-electron chi connectivity index (χ4n) is 1.04. The van der Waals surface area contributed by atoms with Gasteiger partial charge in [0, 0.05) is 22.7 Å². The molecule has 1 rings (SSSR count). The molecule has 0 bridgehead atoms. The molecule has 0 spiro atoms. The van der Waals surface area contributed by atoms with Crippen LogP contribution in [0.4, 0.5) is 0 Å². The largest absolute Gasteiger partial charge is 0.353 e. The number of hydrogen-bond donors (Lipinski definition) is 1. The number of nitrogens with one attached hydrogen (secondary N) is 1. The summed E-state index contributed by atoms with van der Waals surface area (Å²) in [5.41, 5.74) is 0.771. The van der Waals surface area contributed by atoms with Crippen molar-refractivity contribution in [3.05, 3.63) is 39.9 Å². The molecule has 0 unspecified atom stereocenters. The third kappa shape index (κ3) is 3.94. The average Bonchev–Trinajstić information content (AvgIpc) is 2.17. The monoisotopic (exact) mass is 243 g/mol. The topological polar surface area (TPSA) is 29.1 Å². The summed E-state index contributed by atoms with van der Waals surface area (Å²) in [4.78, 5) is 11.1. The second kappa shape index (κ2) is 5.79. The van der Waals surface area contributed by atoms with Gasteiger partial charge in [0.05, 0.1) is 0 Å². The van der Waals surface area contributed by atoms with Gasteiger partial charge in [0.25, 0.3) is 0 Å². The fourth-order valence-corrected chi connectivity index (χ4v) is 1.51. The molecule has 1 amide bonds. The molecule has 80 valence electrons. The van der Waals surface area contributed by atoms with E-state index in [1.807, 2.05) is 6.92 Å². The van der Waals surface area contributed by atoms with E-state index in [0.717, 1.165) is 5.56 Å². The lowest BCUT2D eigenvalue weighted by molar-refractivity contribution is -0.116. The maximum Gasteiger partial charge on any atom is 0.243 e. The Balaban J connectivity index is 2.76. The SMILES string of the molecule is CCNC(=O)/C=C/c1ccc(Cl)cc1Cl. The van der Waals surface area contributed by atoms with Crippen molar-refractivity contribution in [3.8, 4) is 0 Å². The molecule has 0 aliphatic carbocycles. The van der Waals surface area contributed by atoms with Gasteiger partial charge < -0.3 is 5.32 Å². The van der Waals surface area contributed by atoms with Gasteiger partial charge in [0.15, 0.2) is 0 Å². The van der Waals surface area contributed by atoms with Crippen LogP contribution in [0.2, 0.25) is 10.0 Å². The lowest BCUT2D eigenvalue weighted by atomic mass is 10.2. The van der Waals surface area contributed by atoms with Crippen LogP contribution >= 0.6 is 23.2 Å². The number of carbonyl (C=O) groups is 1. The molecule has 0 radical (unpaired) electrons. The first-order chi connectivity index (χ1) is 7.13. The molecule has 15 heavy (non-hydrogen) atoms. The summed E-state index contributed by atoms with van der Waals surface area (Å²) in [7, 11) is 0. The van der Waals surface area contributed by atoms with Crippen molar-refractivity contribution in [2.45, 2.75) is 6.92 Å². The minimum absolute atomic E-state index is 0.136. The number of rotatable bonds is 3. The van der Waals surface area contributed by atoms with Crippen molar-refractivity contribution in [1.29, 1.82) is 0 Å². The highest BCUT2D eigenvalue weighted by atomic mass is 35.5. The zero-order chi connectivity index (χ0) is 11.3. The van der Waals surface area contributed by atoms with Gasteiger partial charge in [0.2, 0.25) is 5.91 Å². The summed E-state index contributed by atoms with van der Waals surface area (Å²) in [5, 5.41) is 3.76. The van der Waals surface area contributed by atoms with E-state index in [1.165, 1.54) is 6.08 Å². The van der Waals surface area contributed by atoms with E-state index in [4.69, 9.17) is 23.2 Å². The predicted octanol–water partition coefficient (Wildman–Crippen LogP) is 3.14. The summed E-state index contributed by atoms with van der Waals surface area (Å²) in [6.07, 6.45) is 3.10. The highest BCUT2D eigenvalue weighted by Crippen LogP contribution is 2.21. The molecule has 0 atom stereocenters. The molecule has 0 aliphatic rings. The van der Waals surface area contributed by atoms with Crippen LogP contribution in [-0.2, 0) is 4.79 Å². The third-order valence-electron chi connectivity index (χ3n) is 1.73. The van der Waals surface area contributed by atoms with Gasteiger partial charge >= 0.3 is 0 Å². The smallest absolute Gasteiger partial charge is 0.243 e. The molecule has 1 N–H and O–H groups in total. The Labute approximate surface area is 98.9 Å². The Bertz CT molecular complexity index is 388. The molecular weight excluding hydrogens is 233 g/mol. The molecule has 0 aliphatic heterocycles. The van der Waals surface area contributed by atoms with Crippen LogP contribution in [0.25, 0.3) is 6.08 Å². The van der Waals surface area contributed by atoms with E-state index in [9.17, 15) is 4.79 Å². The molecule has 0 heterocycles. The number of benzene rings is 1. The minimum atomic E-state index is -0.136. The molecule has 1 aromatic rings. The number of carbonyl (C=O) groups excluding carboxylic acids is 1. The number of halogens is 2. The van der Waals surface area contributed by atoms with Crippen LogP contribution in [0.15, 0.2) is 24.3 Å². The zero-order valence-corrected chi connectivity index (χ0v) is 9.77. The molecule has 1 aromatic carbocycles. The highest BCUT2D eigenvalue weighted by Gasteiger charge is 1.98. The van der Waals surface area contributed by atoms with E-state index in [1.54, 1.807) is 24.3 Å². The van der Waals surface area contributed by atoms with Gasteiger partial charge in [0.1, 0.15) is 0 Å². The van der Waals surface area contributed by atoms with Crippen molar-refractivity contribution < 1.29 is 4.79 Å². The first-order valence-electron chi connectivity index (χ1n) is 4.54. The van der Waals surface area contributed by atoms with Crippen LogP contribution in [0, 0.1) is 0 Å². The summed E-state index contributed by atoms with van der Waals surface area (Å²) < 4.78 is 0. The molecular formula is C11H11Cl2NO. The van der Waals surface area contributed by atoms with Crippen molar-refractivity contribution in [2.75, 3.05) is 6.54 Å². The Hall–Kier alpha value is -0.990.